The molecule has 0 unspecified atom stereocenters. The molecular weight excluding hydrogens is 586 g/mol. The standard InChI is InChI=1S/C29H55NO14/c1-4-6-7-8-9-10-12-39-29-26(23(37)20(34)16(13-31)41-29)44-27-18(30-11-5-2)21(35)25(17(14-32)42-27)43-28-24(38)22(36)19(33)15(3)40-28/h15-38H,4-14H2,1-3H3/t15-,16-,17-,18-,19+,20-,21-,22+,23+,24-,25-,26+,27+,28+,29+/m1/s1. The summed E-state index contributed by atoms with van der Waals surface area (Å²) in [6.07, 6.45) is -12.0. The van der Waals surface area contributed by atoms with Gasteiger partial charge in [0.1, 0.15) is 61.0 Å². The summed E-state index contributed by atoms with van der Waals surface area (Å²) in [6, 6.07) is -1.00. The molecule has 260 valence electrons. The van der Waals surface area contributed by atoms with Gasteiger partial charge in [0, 0.05) is 6.61 Å². The summed E-state index contributed by atoms with van der Waals surface area (Å²) in [4.78, 5) is 0. The number of rotatable bonds is 17. The molecule has 15 atom stereocenters. The van der Waals surface area contributed by atoms with Gasteiger partial charge in [-0.3, -0.25) is 0 Å². The lowest BCUT2D eigenvalue weighted by Gasteiger charge is -2.49. The van der Waals surface area contributed by atoms with Crippen molar-refractivity contribution in [3.63, 3.8) is 0 Å². The molecule has 0 saturated carbocycles. The highest BCUT2D eigenvalue weighted by molar-refractivity contribution is 4.98. The maximum Gasteiger partial charge on any atom is 0.187 e. The van der Waals surface area contributed by atoms with Crippen LogP contribution >= 0.6 is 0 Å². The van der Waals surface area contributed by atoms with Crippen molar-refractivity contribution in [1.82, 2.24) is 5.32 Å². The maximum atomic E-state index is 11.5. The highest BCUT2D eigenvalue weighted by atomic mass is 16.8. The predicted molar refractivity (Wildman–Crippen MR) is 153 cm³/mol. The number of hydrogen-bond acceptors (Lipinski definition) is 15. The molecule has 3 saturated heterocycles. The number of hydrogen-bond donors (Lipinski definition) is 9. The molecule has 0 radical (unpaired) electrons. The van der Waals surface area contributed by atoms with Gasteiger partial charge < -0.3 is 74.6 Å². The summed E-state index contributed by atoms with van der Waals surface area (Å²) < 4.78 is 35.2. The van der Waals surface area contributed by atoms with E-state index in [-0.39, 0.29) is 6.61 Å². The quantitative estimate of drug-likeness (QED) is 0.0771. The van der Waals surface area contributed by atoms with Crippen LogP contribution in [0.4, 0.5) is 0 Å². The average molecular weight is 642 g/mol. The molecule has 0 amide bonds. The van der Waals surface area contributed by atoms with Gasteiger partial charge in [-0.1, -0.05) is 46.0 Å². The molecule has 3 rings (SSSR count). The Morgan fingerprint density at radius 3 is 1.89 bits per heavy atom. The Morgan fingerprint density at radius 1 is 0.591 bits per heavy atom. The van der Waals surface area contributed by atoms with Crippen molar-refractivity contribution in [1.29, 1.82) is 0 Å². The van der Waals surface area contributed by atoms with Gasteiger partial charge >= 0.3 is 0 Å². The van der Waals surface area contributed by atoms with Gasteiger partial charge in [0.15, 0.2) is 18.9 Å². The van der Waals surface area contributed by atoms with Gasteiger partial charge in [-0.25, -0.2) is 0 Å². The lowest BCUT2D eigenvalue weighted by atomic mass is 9.94. The van der Waals surface area contributed by atoms with Gasteiger partial charge in [-0.15, -0.1) is 0 Å². The van der Waals surface area contributed by atoms with Crippen molar-refractivity contribution in [2.24, 2.45) is 0 Å². The predicted octanol–water partition coefficient (Wildman–Crippen LogP) is -2.15. The van der Waals surface area contributed by atoms with Crippen molar-refractivity contribution >= 4 is 0 Å². The smallest absolute Gasteiger partial charge is 0.187 e. The van der Waals surface area contributed by atoms with Crippen molar-refractivity contribution in [2.75, 3.05) is 26.4 Å². The van der Waals surface area contributed by atoms with Crippen LogP contribution in [0, 0.1) is 0 Å². The third-order valence-electron chi connectivity index (χ3n) is 8.48. The lowest BCUT2D eigenvalue weighted by Crippen LogP contribution is -2.69. The zero-order valence-electron chi connectivity index (χ0n) is 26.0. The van der Waals surface area contributed by atoms with Gasteiger partial charge in [-0.05, 0) is 26.3 Å². The van der Waals surface area contributed by atoms with Crippen molar-refractivity contribution in [3.05, 3.63) is 0 Å². The molecule has 0 aromatic rings. The van der Waals surface area contributed by atoms with Crippen LogP contribution < -0.4 is 5.32 Å². The first-order chi connectivity index (χ1) is 21.1. The monoisotopic (exact) mass is 641 g/mol. The summed E-state index contributed by atoms with van der Waals surface area (Å²) in [5.74, 6) is 0. The molecule has 15 nitrogen and oxygen atoms in total. The molecule has 3 aliphatic rings. The van der Waals surface area contributed by atoms with E-state index < -0.39 is 105 Å². The molecule has 0 bridgehead atoms. The first kappa shape index (κ1) is 37.9. The fraction of sp³-hybridized carbons (Fsp3) is 1.00. The van der Waals surface area contributed by atoms with E-state index in [0.29, 0.717) is 13.0 Å². The first-order valence-electron chi connectivity index (χ1n) is 16.0. The van der Waals surface area contributed by atoms with Crippen LogP contribution in [0.1, 0.15) is 65.7 Å². The fourth-order valence-electron chi connectivity index (χ4n) is 5.73. The summed E-state index contributed by atoms with van der Waals surface area (Å²) in [7, 11) is 0. The van der Waals surface area contributed by atoms with Crippen molar-refractivity contribution < 1.29 is 69.3 Å². The van der Waals surface area contributed by atoms with Crippen LogP contribution in [0.2, 0.25) is 0 Å². The SMILES string of the molecule is CCCCCCCCO[C@H]1O[C@H](CO)[C@@H](O)[C@H](O)[C@@H]1O[C@@H]1O[C@H](CO)[C@@H](O[C@@H]2O[C@H](C)[C@H](O)[C@H](O)[C@H]2O)[C@H](O)[C@H]1NCCC. The van der Waals surface area contributed by atoms with Crippen molar-refractivity contribution in [2.45, 2.75) is 158 Å². The fourth-order valence-corrected chi connectivity index (χ4v) is 5.73. The van der Waals surface area contributed by atoms with Crippen LogP contribution in [0.3, 0.4) is 0 Å². The summed E-state index contributed by atoms with van der Waals surface area (Å²) in [5, 5.41) is 86.8. The number of nitrogens with one attached hydrogen (secondary N) is 1. The van der Waals surface area contributed by atoms with Crippen LogP contribution in [0.5, 0.6) is 0 Å². The van der Waals surface area contributed by atoms with Crippen LogP contribution in [0.25, 0.3) is 0 Å². The number of aliphatic hydroxyl groups excluding tert-OH is 8. The van der Waals surface area contributed by atoms with Gasteiger partial charge in [0.25, 0.3) is 0 Å². The Labute approximate surface area is 259 Å². The van der Waals surface area contributed by atoms with E-state index >= 15 is 0 Å². The molecule has 44 heavy (non-hydrogen) atoms. The maximum absolute atomic E-state index is 11.5. The average Bonchev–Trinajstić information content (AvgIpc) is 3.02. The zero-order chi connectivity index (χ0) is 32.4. The van der Waals surface area contributed by atoms with Gasteiger partial charge in [0.2, 0.25) is 0 Å². The van der Waals surface area contributed by atoms with Gasteiger partial charge in [0.05, 0.1) is 25.4 Å². The molecular formula is C29H55NO14. The highest BCUT2D eigenvalue weighted by Crippen LogP contribution is 2.33. The van der Waals surface area contributed by atoms with E-state index in [0.717, 1.165) is 38.5 Å². The molecule has 0 spiro atoms. The van der Waals surface area contributed by atoms with E-state index in [1.54, 1.807) is 0 Å². The van der Waals surface area contributed by atoms with Crippen LogP contribution in [0.15, 0.2) is 0 Å². The van der Waals surface area contributed by atoms with E-state index in [2.05, 4.69) is 12.2 Å². The van der Waals surface area contributed by atoms with Crippen molar-refractivity contribution in [3.8, 4) is 0 Å². The summed E-state index contributed by atoms with van der Waals surface area (Å²) in [5.41, 5.74) is 0. The Balaban J connectivity index is 1.75. The van der Waals surface area contributed by atoms with E-state index in [9.17, 15) is 40.9 Å². The second-order valence-corrected chi connectivity index (χ2v) is 11.9. The minimum atomic E-state index is -1.65. The minimum absolute atomic E-state index is 0.279. The first-order valence-corrected chi connectivity index (χ1v) is 16.0. The number of ether oxygens (including phenoxy) is 6. The molecule has 0 aromatic heterocycles. The largest absolute Gasteiger partial charge is 0.394 e. The molecule has 0 aliphatic carbocycles. The lowest BCUT2D eigenvalue weighted by molar-refractivity contribution is -0.371. The Kier molecular flexibility index (Phi) is 16.1. The zero-order valence-corrected chi connectivity index (χ0v) is 26.0. The molecule has 9 N–H and O–H groups in total. The molecule has 0 aromatic carbocycles. The third-order valence-corrected chi connectivity index (χ3v) is 8.48. The second kappa shape index (κ2) is 18.7. The minimum Gasteiger partial charge on any atom is -0.394 e. The summed E-state index contributed by atoms with van der Waals surface area (Å²) >= 11 is 0. The number of unbranched alkanes of at least 4 members (excludes halogenated alkanes) is 5. The Hall–Kier alpha value is -0.600. The number of aliphatic hydroxyl groups is 8. The molecule has 3 heterocycles. The summed E-state index contributed by atoms with van der Waals surface area (Å²) in [6.45, 7) is 5.00. The normalized spacial score (nSPS) is 43.3. The third kappa shape index (κ3) is 9.49. The second-order valence-electron chi connectivity index (χ2n) is 11.9. The van der Waals surface area contributed by atoms with Gasteiger partial charge in [-0.2, -0.15) is 0 Å². The molecule has 3 aliphatic heterocycles. The molecule has 3 fully saturated rings. The van der Waals surface area contributed by atoms with E-state index in [1.165, 1.54) is 6.92 Å². The van der Waals surface area contributed by atoms with Crippen LogP contribution in [-0.2, 0) is 28.4 Å². The topological polar surface area (TPSA) is 229 Å². The van der Waals surface area contributed by atoms with E-state index in [1.807, 2.05) is 6.92 Å². The Bertz CT molecular complexity index is 799. The Morgan fingerprint density at radius 2 is 1.23 bits per heavy atom. The van der Waals surface area contributed by atoms with E-state index in [4.69, 9.17) is 28.4 Å². The molecule has 15 heteroatoms. The highest BCUT2D eigenvalue weighted by Gasteiger charge is 2.53. The van der Waals surface area contributed by atoms with Crippen LogP contribution in [-0.4, -0.2) is 159 Å².